The first-order valence-corrected chi connectivity index (χ1v) is 12.8. The Bertz CT molecular complexity index is 1140. The van der Waals surface area contributed by atoms with Gasteiger partial charge in [0.2, 0.25) is 21.8 Å². The smallest absolute Gasteiger partial charge is 0.244 e. The number of hydrogen-bond donors (Lipinski definition) is 1. The Kier molecular flexibility index (Phi) is 9.40. The first-order valence-electron chi connectivity index (χ1n) is 10.6. The Morgan fingerprint density at radius 1 is 1.09 bits per heavy atom. The second-order valence-corrected chi connectivity index (χ2v) is 10.4. The van der Waals surface area contributed by atoms with Gasteiger partial charge in [-0.3, -0.25) is 13.9 Å². The van der Waals surface area contributed by atoms with E-state index in [0.29, 0.717) is 21.0 Å². The predicted octanol–water partition coefficient (Wildman–Crippen LogP) is 3.72. The van der Waals surface area contributed by atoms with Crippen molar-refractivity contribution >= 4 is 39.1 Å². The van der Waals surface area contributed by atoms with Gasteiger partial charge in [0.15, 0.2) is 11.6 Å². The van der Waals surface area contributed by atoms with Gasteiger partial charge >= 0.3 is 0 Å². The summed E-state index contributed by atoms with van der Waals surface area (Å²) in [5.74, 6) is -3.52. The molecule has 2 aromatic carbocycles. The number of halogens is 3. The molecule has 2 aromatic rings. The molecule has 0 bridgehead atoms. The number of sulfonamides is 1. The van der Waals surface area contributed by atoms with Crippen LogP contribution in [0, 0.1) is 11.6 Å². The lowest BCUT2D eigenvalue weighted by atomic mass is 10.1. The Labute approximate surface area is 203 Å². The monoisotopic (exact) mass is 515 g/mol. The second kappa shape index (κ2) is 11.6. The third kappa shape index (κ3) is 7.14. The number of carbonyl (C=O) groups is 2. The van der Waals surface area contributed by atoms with Crippen molar-refractivity contribution in [3.05, 3.63) is 64.7 Å². The highest BCUT2D eigenvalue weighted by Gasteiger charge is 2.32. The standard InChI is InChI=1S/C23H28ClF2N3O4S/c1-5-21(23(31)27-15(2)3)28(13-16-8-6-7-9-18(16)24)22(30)14-29(34(4,32)33)17-10-11-19(25)20(26)12-17/h6-12,15,21H,5,13-14H2,1-4H3,(H,27,31). The maximum Gasteiger partial charge on any atom is 0.244 e. The third-order valence-electron chi connectivity index (χ3n) is 4.99. The van der Waals surface area contributed by atoms with Crippen LogP contribution in [0.5, 0.6) is 0 Å². The zero-order valence-corrected chi connectivity index (χ0v) is 21.0. The van der Waals surface area contributed by atoms with Crippen molar-refractivity contribution < 1.29 is 26.8 Å². The van der Waals surface area contributed by atoms with Gasteiger partial charge in [-0.1, -0.05) is 36.7 Å². The van der Waals surface area contributed by atoms with E-state index in [1.807, 2.05) is 0 Å². The molecule has 0 aliphatic rings. The fraction of sp³-hybridized carbons (Fsp3) is 0.391. The molecule has 2 amide bonds. The van der Waals surface area contributed by atoms with Gasteiger partial charge in [0, 0.05) is 23.7 Å². The van der Waals surface area contributed by atoms with Gasteiger partial charge in [-0.15, -0.1) is 0 Å². The molecule has 0 heterocycles. The zero-order chi connectivity index (χ0) is 25.6. The largest absolute Gasteiger partial charge is 0.352 e. The van der Waals surface area contributed by atoms with Crippen LogP contribution < -0.4 is 9.62 Å². The molecule has 0 saturated carbocycles. The number of anilines is 1. The summed E-state index contributed by atoms with van der Waals surface area (Å²) in [5, 5.41) is 3.14. The molecular weight excluding hydrogens is 488 g/mol. The molecule has 0 aliphatic heterocycles. The van der Waals surface area contributed by atoms with Gasteiger partial charge in [-0.25, -0.2) is 17.2 Å². The minimum Gasteiger partial charge on any atom is -0.352 e. The zero-order valence-electron chi connectivity index (χ0n) is 19.4. The number of nitrogens with one attached hydrogen (secondary N) is 1. The fourth-order valence-corrected chi connectivity index (χ4v) is 4.40. The summed E-state index contributed by atoms with van der Waals surface area (Å²) in [4.78, 5) is 27.6. The van der Waals surface area contributed by atoms with Crippen LogP contribution in [0.4, 0.5) is 14.5 Å². The molecule has 1 N–H and O–H groups in total. The Morgan fingerprint density at radius 3 is 2.26 bits per heavy atom. The summed E-state index contributed by atoms with van der Waals surface area (Å²) in [6.07, 6.45) is 1.10. The van der Waals surface area contributed by atoms with Crippen LogP contribution in [0.25, 0.3) is 0 Å². The molecule has 186 valence electrons. The molecule has 0 aromatic heterocycles. The molecular formula is C23H28ClF2N3O4S. The number of nitrogens with zero attached hydrogens (tertiary/aromatic N) is 2. The van der Waals surface area contributed by atoms with Crippen molar-refractivity contribution in [1.82, 2.24) is 10.2 Å². The minimum atomic E-state index is -4.06. The van der Waals surface area contributed by atoms with Crippen molar-refractivity contribution in [2.45, 2.75) is 45.8 Å². The quantitative estimate of drug-likeness (QED) is 0.522. The summed E-state index contributed by atoms with van der Waals surface area (Å²) in [6, 6.07) is 8.21. The lowest BCUT2D eigenvalue weighted by Gasteiger charge is -2.33. The van der Waals surface area contributed by atoms with E-state index in [4.69, 9.17) is 11.6 Å². The first-order chi connectivity index (χ1) is 15.8. The van der Waals surface area contributed by atoms with Gasteiger partial charge in [-0.2, -0.15) is 0 Å². The van der Waals surface area contributed by atoms with Crippen LogP contribution in [0.1, 0.15) is 32.8 Å². The molecule has 11 heteroatoms. The minimum absolute atomic E-state index is 0.0576. The van der Waals surface area contributed by atoms with Gasteiger partial charge in [0.25, 0.3) is 0 Å². The van der Waals surface area contributed by atoms with E-state index in [1.165, 1.54) is 4.90 Å². The van der Waals surface area contributed by atoms with E-state index in [0.717, 1.165) is 18.4 Å². The number of rotatable bonds is 10. The highest BCUT2D eigenvalue weighted by atomic mass is 35.5. The molecule has 1 atom stereocenters. The second-order valence-electron chi connectivity index (χ2n) is 8.07. The maximum atomic E-state index is 13.8. The predicted molar refractivity (Wildman–Crippen MR) is 128 cm³/mol. The van der Waals surface area contributed by atoms with E-state index in [2.05, 4.69) is 5.32 Å². The molecule has 2 rings (SSSR count). The maximum absolute atomic E-state index is 13.8. The highest BCUT2D eigenvalue weighted by molar-refractivity contribution is 7.92. The van der Waals surface area contributed by atoms with Crippen LogP contribution in [0.2, 0.25) is 5.02 Å². The number of benzene rings is 2. The van der Waals surface area contributed by atoms with Gasteiger partial charge < -0.3 is 10.2 Å². The SMILES string of the molecule is CCC(C(=O)NC(C)C)N(Cc1ccccc1Cl)C(=O)CN(c1ccc(F)c(F)c1)S(C)(=O)=O. The first kappa shape index (κ1) is 27.5. The fourth-order valence-electron chi connectivity index (χ4n) is 3.36. The van der Waals surface area contributed by atoms with E-state index in [-0.39, 0.29) is 24.7 Å². The van der Waals surface area contributed by atoms with Crippen molar-refractivity contribution in [2.75, 3.05) is 17.1 Å². The van der Waals surface area contributed by atoms with E-state index >= 15 is 0 Å². The summed E-state index contributed by atoms with van der Waals surface area (Å²) >= 11 is 6.27. The van der Waals surface area contributed by atoms with Crippen molar-refractivity contribution in [1.29, 1.82) is 0 Å². The van der Waals surface area contributed by atoms with Crippen LogP contribution in [-0.4, -0.2) is 50.0 Å². The van der Waals surface area contributed by atoms with Crippen LogP contribution >= 0.6 is 11.6 Å². The highest BCUT2D eigenvalue weighted by Crippen LogP contribution is 2.23. The van der Waals surface area contributed by atoms with Gasteiger partial charge in [0.1, 0.15) is 12.6 Å². The summed E-state index contributed by atoms with van der Waals surface area (Å²) in [6.45, 7) is 4.50. The number of carbonyl (C=O) groups excluding carboxylic acids is 2. The molecule has 7 nitrogen and oxygen atoms in total. The summed E-state index contributed by atoms with van der Waals surface area (Å²) in [5.41, 5.74) is 0.346. The normalized spacial score (nSPS) is 12.4. The lowest BCUT2D eigenvalue weighted by molar-refractivity contribution is -0.140. The van der Waals surface area contributed by atoms with Gasteiger partial charge in [0.05, 0.1) is 11.9 Å². The van der Waals surface area contributed by atoms with Crippen molar-refractivity contribution in [2.24, 2.45) is 0 Å². The number of hydrogen-bond acceptors (Lipinski definition) is 4. The number of amides is 2. The molecule has 0 saturated heterocycles. The molecule has 0 spiro atoms. The summed E-state index contributed by atoms with van der Waals surface area (Å²) < 4.78 is 52.8. The van der Waals surface area contributed by atoms with E-state index in [9.17, 15) is 26.8 Å². The van der Waals surface area contributed by atoms with Gasteiger partial charge in [-0.05, 0) is 44.0 Å². The van der Waals surface area contributed by atoms with Crippen molar-refractivity contribution in [3.63, 3.8) is 0 Å². The average molecular weight is 516 g/mol. The average Bonchev–Trinajstić information content (AvgIpc) is 2.73. The van der Waals surface area contributed by atoms with Crippen LogP contribution in [0.3, 0.4) is 0 Å². The third-order valence-corrected chi connectivity index (χ3v) is 6.50. The van der Waals surface area contributed by atoms with Crippen LogP contribution in [0.15, 0.2) is 42.5 Å². The molecule has 0 radical (unpaired) electrons. The Morgan fingerprint density at radius 2 is 1.74 bits per heavy atom. The molecule has 1 unspecified atom stereocenters. The summed E-state index contributed by atoms with van der Waals surface area (Å²) in [7, 11) is -4.06. The Balaban J connectivity index is 2.48. The van der Waals surface area contributed by atoms with Crippen molar-refractivity contribution in [3.8, 4) is 0 Å². The Hall–Kier alpha value is -2.72. The van der Waals surface area contributed by atoms with E-state index < -0.39 is 46.1 Å². The molecule has 34 heavy (non-hydrogen) atoms. The van der Waals surface area contributed by atoms with E-state index in [1.54, 1.807) is 45.0 Å². The molecule has 0 fully saturated rings. The topological polar surface area (TPSA) is 86.8 Å². The molecule has 0 aliphatic carbocycles. The lowest BCUT2D eigenvalue weighted by Crippen LogP contribution is -2.53. The van der Waals surface area contributed by atoms with Crippen LogP contribution in [-0.2, 0) is 26.2 Å².